The van der Waals surface area contributed by atoms with Gasteiger partial charge in [-0.2, -0.15) is 0 Å². The molecule has 0 bridgehead atoms. The van der Waals surface area contributed by atoms with Gasteiger partial charge in [0.05, 0.1) is 5.92 Å². The van der Waals surface area contributed by atoms with E-state index in [0.717, 1.165) is 12.2 Å². The molecule has 3 heteroatoms. The smallest absolute Gasteiger partial charge is 0.224 e. The molecule has 0 saturated carbocycles. The highest BCUT2D eigenvalue weighted by Gasteiger charge is 2.24. The second kappa shape index (κ2) is 9.51. The Morgan fingerprint density at radius 3 is 2.11 bits per heavy atom. The Morgan fingerprint density at radius 2 is 1.72 bits per heavy atom. The van der Waals surface area contributed by atoms with E-state index in [1.165, 1.54) is 0 Å². The molecule has 18 heavy (non-hydrogen) atoms. The molecule has 0 saturated heterocycles. The summed E-state index contributed by atoms with van der Waals surface area (Å²) in [6.45, 7) is 7.95. The molecule has 3 nitrogen and oxygen atoms in total. The molecule has 1 rings (SSSR count). The Morgan fingerprint density at radius 1 is 1.17 bits per heavy atom. The molecule has 1 aromatic carbocycles. The molecule has 0 aliphatic carbocycles. The number of amides is 1. The standard InChI is InChI=1S/C13H19NO2.C2H6/c1-3-11(13(14)15)12(4-2)16-10-8-6-5-7-9-10;1-2/h5-9,11-12H,3-4H2,1-2H3,(H2,14,15);1-2H3/t11-,12+;/m0./s1. The largest absolute Gasteiger partial charge is 0.490 e. The highest BCUT2D eigenvalue weighted by molar-refractivity contribution is 5.77. The van der Waals surface area contributed by atoms with E-state index in [2.05, 4.69) is 0 Å². The van der Waals surface area contributed by atoms with Gasteiger partial charge in [-0.25, -0.2) is 0 Å². The first kappa shape index (κ1) is 16.5. The number of benzene rings is 1. The lowest BCUT2D eigenvalue weighted by Crippen LogP contribution is -2.36. The predicted octanol–water partition coefficient (Wildman–Crippen LogP) is 3.38. The third kappa shape index (κ3) is 5.21. The van der Waals surface area contributed by atoms with E-state index >= 15 is 0 Å². The maximum atomic E-state index is 11.3. The van der Waals surface area contributed by atoms with Crippen molar-refractivity contribution in [2.75, 3.05) is 0 Å². The van der Waals surface area contributed by atoms with Gasteiger partial charge in [0.25, 0.3) is 0 Å². The van der Waals surface area contributed by atoms with E-state index < -0.39 is 0 Å². The Kier molecular flexibility index (Phi) is 8.71. The third-order valence-electron chi connectivity index (χ3n) is 2.69. The fourth-order valence-electron chi connectivity index (χ4n) is 1.77. The fraction of sp³-hybridized carbons (Fsp3) is 0.533. The zero-order chi connectivity index (χ0) is 14.0. The van der Waals surface area contributed by atoms with Gasteiger partial charge in [-0.15, -0.1) is 0 Å². The highest BCUT2D eigenvalue weighted by Crippen LogP contribution is 2.19. The van der Waals surface area contributed by atoms with E-state index in [4.69, 9.17) is 10.5 Å². The first-order valence-corrected chi connectivity index (χ1v) is 6.70. The molecular formula is C15H25NO2. The summed E-state index contributed by atoms with van der Waals surface area (Å²) in [5, 5.41) is 0. The van der Waals surface area contributed by atoms with Crippen molar-refractivity contribution in [2.24, 2.45) is 11.7 Å². The van der Waals surface area contributed by atoms with Crippen LogP contribution in [-0.2, 0) is 4.79 Å². The normalized spacial score (nSPS) is 12.9. The molecular weight excluding hydrogens is 226 g/mol. The van der Waals surface area contributed by atoms with Crippen LogP contribution in [0.25, 0.3) is 0 Å². The summed E-state index contributed by atoms with van der Waals surface area (Å²) in [5.41, 5.74) is 5.36. The maximum Gasteiger partial charge on any atom is 0.224 e. The van der Waals surface area contributed by atoms with Crippen LogP contribution in [0.1, 0.15) is 40.5 Å². The third-order valence-corrected chi connectivity index (χ3v) is 2.69. The zero-order valence-corrected chi connectivity index (χ0v) is 11.8. The van der Waals surface area contributed by atoms with Gasteiger partial charge in [0, 0.05) is 0 Å². The van der Waals surface area contributed by atoms with Gasteiger partial charge in [0.15, 0.2) is 0 Å². The van der Waals surface area contributed by atoms with Crippen LogP contribution in [0.3, 0.4) is 0 Å². The number of para-hydroxylation sites is 1. The summed E-state index contributed by atoms with van der Waals surface area (Å²) in [6.07, 6.45) is 1.35. The van der Waals surface area contributed by atoms with Gasteiger partial charge in [-0.3, -0.25) is 4.79 Å². The monoisotopic (exact) mass is 251 g/mol. The SMILES string of the molecule is CC.CC[C@H](C(N)=O)[C@@H](CC)Oc1ccccc1. The van der Waals surface area contributed by atoms with Crippen molar-refractivity contribution in [3.8, 4) is 5.75 Å². The summed E-state index contributed by atoms with van der Waals surface area (Å²) in [6, 6.07) is 9.52. The number of rotatable bonds is 6. The van der Waals surface area contributed by atoms with Crippen molar-refractivity contribution in [1.82, 2.24) is 0 Å². The Labute approximate surface area is 110 Å². The van der Waals surface area contributed by atoms with Crippen molar-refractivity contribution in [2.45, 2.75) is 46.6 Å². The Balaban J connectivity index is 0.00000137. The van der Waals surface area contributed by atoms with Crippen molar-refractivity contribution in [3.05, 3.63) is 30.3 Å². The molecule has 102 valence electrons. The lowest BCUT2D eigenvalue weighted by molar-refractivity contribution is -0.124. The van der Waals surface area contributed by atoms with E-state index in [1.54, 1.807) is 0 Å². The molecule has 0 heterocycles. The van der Waals surface area contributed by atoms with E-state index in [-0.39, 0.29) is 17.9 Å². The minimum atomic E-state index is -0.287. The quantitative estimate of drug-likeness (QED) is 0.842. The van der Waals surface area contributed by atoms with Gasteiger partial charge in [-0.05, 0) is 25.0 Å². The molecule has 0 spiro atoms. The van der Waals surface area contributed by atoms with Crippen LogP contribution in [0.2, 0.25) is 0 Å². The van der Waals surface area contributed by atoms with Crippen LogP contribution in [0.4, 0.5) is 0 Å². The van der Waals surface area contributed by atoms with Crippen LogP contribution in [0.5, 0.6) is 5.75 Å². The van der Waals surface area contributed by atoms with Gasteiger partial charge < -0.3 is 10.5 Å². The number of hydrogen-bond acceptors (Lipinski definition) is 2. The molecule has 0 unspecified atom stereocenters. The van der Waals surface area contributed by atoms with Crippen LogP contribution < -0.4 is 10.5 Å². The molecule has 0 fully saturated rings. The zero-order valence-electron chi connectivity index (χ0n) is 11.8. The second-order valence-electron chi connectivity index (χ2n) is 3.79. The average Bonchev–Trinajstić information content (AvgIpc) is 2.41. The highest BCUT2D eigenvalue weighted by atomic mass is 16.5. The van der Waals surface area contributed by atoms with Gasteiger partial charge in [0.1, 0.15) is 11.9 Å². The van der Waals surface area contributed by atoms with E-state index in [0.29, 0.717) is 6.42 Å². The number of hydrogen-bond donors (Lipinski definition) is 1. The molecule has 1 aromatic rings. The summed E-state index contributed by atoms with van der Waals surface area (Å²) < 4.78 is 5.78. The van der Waals surface area contributed by atoms with Gasteiger partial charge >= 0.3 is 0 Å². The number of nitrogens with two attached hydrogens (primary N) is 1. The predicted molar refractivity (Wildman–Crippen MR) is 75.5 cm³/mol. The average molecular weight is 251 g/mol. The summed E-state index contributed by atoms with van der Waals surface area (Å²) in [5.74, 6) is 0.282. The van der Waals surface area contributed by atoms with Crippen molar-refractivity contribution in [3.63, 3.8) is 0 Å². The number of ether oxygens (including phenoxy) is 1. The van der Waals surface area contributed by atoms with E-state index in [1.807, 2.05) is 58.0 Å². The van der Waals surface area contributed by atoms with Crippen molar-refractivity contribution in [1.29, 1.82) is 0 Å². The van der Waals surface area contributed by atoms with Crippen molar-refractivity contribution >= 4 is 5.91 Å². The lowest BCUT2D eigenvalue weighted by Gasteiger charge is -2.23. The van der Waals surface area contributed by atoms with Crippen LogP contribution >= 0.6 is 0 Å². The Hall–Kier alpha value is -1.51. The van der Waals surface area contributed by atoms with Crippen LogP contribution in [0, 0.1) is 5.92 Å². The number of primary amides is 1. The Bertz CT molecular complexity index is 325. The molecule has 0 aromatic heterocycles. The van der Waals surface area contributed by atoms with Gasteiger partial charge in [-0.1, -0.05) is 45.9 Å². The summed E-state index contributed by atoms with van der Waals surface area (Å²) in [7, 11) is 0. The molecule has 0 radical (unpaired) electrons. The molecule has 2 N–H and O–H groups in total. The molecule has 0 aliphatic rings. The maximum absolute atomic E-state index is 11.3. The minimum Gasteiger partial charge on any atom is -0.490 e. The molecule has 0 aliphatic heterocycles. The molecule has 2 atom stereocenters. The minimum absolute atomic E-state index is 0.134. The number of carbonyl (C=O) groups is 1. The number of carbonyl (C=O) groups excluding carboxylic acids is 1. The van der Waals surface area contributed by atoms with E-state index in [9.17, 15) is 4.79 Å². The van der Waals surface area contributed by atoms with Crippen LogP contribution in [0.15, 0.2) is 30.3 Å². The summed E-state index contributed by atoms with van der Waals surface area (Å²) >= 11 is 0. The summed E-state index contributed by atoms with van der Waals surface area (Å²) in [4.78, 5) is 11.3. The lowest BCUT2D eigenvalue weighted by atomic mass is 9.96. The first-order chi connectivity index (χ1) is 8.69. The fourth-order valence-corrected chi connectivity index (χ4v) is 1.77. The van der Waals surface area contributed by atoms with Crippen LogP contribution in [-0.4, -0.2) is 12.0 Å². The molecule has 1 amide bonds. The first-order valence-electron chi connectivity index (χ1n) is 6.70. The van der Waals surface area contributed by atoms with Crippen molar-refractivity contribution < 1.29 is 9.53 Å². The second-order valence-corrected chi connectivity index (χ2v) is 3.79. The topological polar surface area (TPSA) is 52.3 Å². The van der Waals surface area contributed by atoms with Gasteiger partial charge in [0.2, 0.25) is 5.91 Å².